The van der Waals surface area contributed by atoms with Gasteiger partial charge in [-0.25, -0.2) is 4.39 Å². The fourth-order valence-corrected chi connectivity index (χ4v) is 3.34. The number of benzene rings is 2. The zero-order chi connectivity index (χ0) is 16.6. The first kappa shape index (κ1) is 16.1. The maximum atomic E-state index is 13.1. The second-order valence-corrected chi connectivity index (χ2v) is 6.56. The van der Waals surface area contributed by atoms with Crippen molar-refractivity contribution in [2.45, 2.75) is 24.7 Å². The topological polar surface area (TPSA) is 55.1 Å². The molecule has 0 bridgehead atoms. The summed E-state index contributed by atoms with van der Waals surface area (Å²) in [6.45, 7) is 0. The predicted molar refractivity (Wildman–Crippen MR) is 91.4 cm³/mol. The van der Waals surface area contributed by atoms with Crippen molar-refractivity contribution < 1.29 is 9.18 Å². The Balaban J connectivity index is 1.88. The van der Waals surface area contributed by atoms with Gasteiger partial charge in [0.2, 0.25) is 5.91 Å². The minimum Gasteiger partial charge on any atom is -0.396 e. The number of halogens is 3. The van der Waals surface area contributed by atoms with Gasteiger partial charge in [0, 0.05) is 5.69 Å². The van der Waals surface area contributed by atoms with E-state index in [9.17, 15) is 9.18 Å². The summed E-state index contributed by atoms with van der Waals surface area (Å²) in [7, 11) is 0. The van der Waals surface area contributed by atoms with Crippen LogP contribution in [0, 0.1) is 5.82 Å². The largest absolute Gasteiger partial charge is 0.396 e. The van der Waals surface area contributed by atoms with Gasteiger partial charge in [0.25, 0.3) is 0 Å². The molecule has 3 rings (SSSR count). The molecule has 2 aromatic rings. The summed E-state index contributed by atoms with van der Waals surface area (Å²) in [6.07, 6.45) is 2.40. The van der Waals surface area contributed by atoms with Gasteiger partial charge in [0.1, 0.15) is 5.82 Å². The lowest BCUT2D eigenvalue weighted by Gasteiger charge is -2.40. The molecule has 1 fully saturated rings. The molecular weight excluding hydrogens is 338 g/mol. The molecule has 0 atom stereocenters. The Kier molecular flexibility index (Phi) is 4.21. The number of amides is 1. The summed E-state index contributed by atoms with van der Waals surface area (Å²) in [5, 5.41) is 3.43. The summed E-state index contributed by atoms with van der Waals surface area (Å²) in [5.74, 6) is -0.465. The third-order valence-electron chi connectivity index (χ3n) is 4.38. The fourth-order valence-electron chi connectivity index (χ4n) is 2.85. The first-order valence-corrected chi connectivity index (χ1v) is 8.00. The summed E-state index contributed by atoms with van der Waals surface area (Å²) in [5.41, 5.74) is 6.66. The van der Waals surface area contributed by atoms with Crippen LogP contribution in [-0.4, -0.2) is 5.91 Å². The average Bonchev–Trinajstić information content (AvgIpc) is 2.45. The van der Waals surface area contributed by atoms with Crippen molar-refractivity contribution in [2.24, 2.45) is 0 Å². The number of nitrogens with one attached hydrogen (secondary N) is 1. The van der Waals surface area contributed by atoms with E-state index in [1.54, 1.807) is 24.3 Å². The van der Waals surface area contributed by atoms with Crippen molar-refractivity contribution in [3.05, 3.63) is 57.8 Å². The van der Waals surface area contributed by atoms with Crippen molar-refractivity contribution in [3.63, 3.8) is 0 Å². The van der Waals surface area contributed by atoms with E-state index in [0.29, 0.717) is 5.69 Å². The molecule has 1 saturated carbocycles. The predicted octanol–water partition coefficient (Wildman–Crippen LogP) is 4.78. The van der Waals surface area contributed by atoms with E-state index in [4.69, 9.17) is 28.9 Å². The highest BCUT2D eigenvalue weighted by Crippen LogP contribution is 2.45. The van der Waals surface area contributed by atoms with E-state index in [1.807, 2.05) is 0 Å². The number of carbonyl (C=O) groups is 1. The van der Waals surface area contributed by atoms with Gasteiger partial charge in [-0.1, -0.05) is 41.8 Å². The number of rotatable bonds is 3. The van der Waals surface area contributed by atoms with E-state index in [0.717, 1.165) is 24.8 Å². The van der Waals surface area contributed by atoms with Gasteiger partial charge < -0.3 is 11.1 Å². The standard InChI is InChI=1S/C17H15Cl2FN2O/c18-13-8-12(9-14(19)15(13)21)22-16(23)17(6-1-7-17)10-2-4-11(20)5-3-10/h2-5,8-9H,1,6-7,21H2,(H,22,23). The maximum Gasteiger partial charge on any atom is 0.235 e. The Morgan fingerprint density at radius 3 is 2.17 bits per heavy atom. The Morgan fingerprint density at radius 2 is 1.70 bits per heavy atom. The van der Waals surface area contributed by atoms with Crippen LogP contribution in [0.1, 0.15) is 24.8 Å². The summed E-state index contributed by atoms with van der Waals surface area (Å²) >= 11 is 12.0. The van der Waals surface area contributed by atoms with Gasteiger partial charge in [-0.2, -0.15) is 0 Å². The van der Waals surface area contributed by atoms with Gasteiger partial charge in [-0.05, 0) is 42.7 Å². The molecule has 0 aromatic heterocycles. The van der Waals surface area contributed by atoms with E-state index in [1.165, 1.54) is 12.1 Å². The molecule has 1 aliphatic rings. The second kappa shape index (κ2) is 6.02. The molecule has 2 aromatic carbocycles. The molecule has 1 aliphatic carbocycles. The van der Waals surface area contributed by atoms with Gasteiger partial charge >= 0.3 is 0 Å². The van der Waals surface area contributed by atoms with Crippen LogP contribution in [-0.2, 0) is 10.2 Å². The molecule has 0 unspecified atom stereocenters. The molecular formula is C17H15Cl2FN2O. The summed E-state index contributed by atoms with van der Waals surface area (Å²) in [4.78, 5) is 12.8. The van der Waals surface area contributed by atoms with Crippen molar-refractivity contribution in [1.29, 1.82) is 0 Å². The van der Waals surface area contributed by atoms with E-state index in [-0.39, 0.29) is 27.5 Å². The number of nitrogens with two attached hydrogens (primary N) is 1. The first-order valence-electron chi connectivity index (χ1n) is 7.24. The molecule has 1 amide bonds. The molecule has 23 heavy (non-hydrogen) atoms. The quantitative estimate of drug-likeness (QED) is 0.781. The first-order chi connectivity index (χ1) is 10.9. The SMILES string of the molecule is Nc1c(Cl)cc(NC(=O)C2(c3ccc(F)cc3)CCC2)cc1Cl. The molecule has 0 heterocycles. The van der Waals surface area contributed by atoms with Crippen LogP contribution in [0.5, 0.6) is 0 Å². The van der Waals surface area contributed by atoms with Crippen molar-refractivity contribution in [3.8, 4) is 0 Å². The Bertz CT molecular complexity index is 735. The molecule has 120 valence electrons. The van der Waals surface area contributed by atoms with E-state index >= 15 is 0 Å². The maximum absolute atomic E-state index is 13.1. The third-order valence-corrected chi connectivity index (χ3v) is 5.00. The molecule has 6 heteroatoms. The van der Waals surface area contributed by atoms with Crippen LogP contribution in [0.3, 0.4) is 0 Å². The molecule has 0 radical (unpaired) electrons. The zero-order valence-corrected chi connectivity index (χ0v) is 13.7. The number of hydrogen-bond acceptors (Lipinski definition) is 2. The lowest BCUT2D eigenvalue weighted by Crippen LogP contribution is -2.46. The van der Waals surface area contributed by atoms with Crippen molar-refractivity contribution in [1.82, 2.24) is 0 Å². The number of carbonyl (C=O) groups excluding carboxylic acids is 1. The highest BCUT2D eigenvalue weighted by molar-refractivity contribution is 6.39. The highest BCUT2D eigenvalue weighted by Gasteiger charge is 2.45. The monoisotopic (exact) mass is 352 g/mol. The minimum atomic E-state index is -0.631. The minimum absolute atomic E-state index is 0.146. The van der Waals surface area contributed by atoms with E-state index in [2.05, 4.69) is 5.32 Å². The molecule has 0 spiro atoms. The van der Waals surface area contributed by atoms with Crippen LogP contribution in [0.15, 0.2) is 36.4 Å². The molecule has 0 aliphatic heterocycles. The number of anilines is 2. The zero-order valence-electron chi connectivity index (χ0n) is 12.2. The summed E-state index contributed by atoms with van der Waals surface area (Å²) < 4.78 is 13.1. The summed E-state index contributed by atoms with van der Waals surface area (Å²) in [6, 6.07) is 9.21. The van der Waals surface area contributed by atoms with E-state index < -0.39 is 5.41 Å². The van der Waals surface area contributed by atoms with Gasteiger partial charge in [0.05, 0.1) is 21.1 Å². The normalized spacial score (nSPS) is 15.8. The second-order valence-electron chi connectivity index (χ2n) is 5.75. The Hall–Kier alpha value is -1.78. The van der Waals surface area contributed by atoms with Crippen LogP contribution in [0.25, 0.3) is 0 Å². The molecule has 3 nitrogen and oxygen atoms in total. The Morgan fingerprint density at radius 1 is 1.13 bits per heavy atom. The third kappa shape index (κ3) is 2.89. The van der Waals surface area contributed by atoms with Crippen LogP contribution < -0.4 is 11.1 Å². The highest BCUT2D eigenvalue weighted by atomic mass is 35.5. The van der Waals surface area contributed by atoms with Crippen LogP contribution >= 0.6 is 23.2 Å². The van der Waals surface area contributed by atoms with Crippen LogP contribution in [0.2, 0.25) is 10.0 Å². The number of hydrogen-bond donors (Lipinski definition) is 2. The number of nitrogen functional groups attached to an aromatic ring is 1. The lowest BCUT2D eigenvalue weighted by atomic mass is 9.64. The van der Waals surface area contributed by atoms with Gasteiger partial charge in [-0.15, -0.1) is 0 Å². The van der Waals surface area contributed by atoms with Crippen molar-refractivity contribution in [2.75, 3.05) is 11.1 Å². The lowest BCUT2D eigenvalue weighted by molar-refractivity contribution is -0.124. The van der Waals surface area contributed by atoms with Gasteiger partial charge in [0.15, 0.2) is 0 Å². The molecule has 0 saturated heterocycles. The molecule has 3 N–H and O–H groups in total. The van der Waals surface area contributed by atoms with Crippen molar-refractivity contribution >= 4 is 40.5 Å². The smallest absolute Gasteiger partial charge is 0.235 e. The van der Waals surface area contributed by atoms with Crippen LogP contribution in [0.4, 0.5) is 15.8 Å². The average molecular weight is 353 g/mol. The Labute approximate surface area is 143 Å². The fraction of sp³-hybridized carbons (Fsp3) is 0.235. The van der Waals surface area contributed by atoms with Gasteiger partial charge in [-0.3, -0.25) is 4.79 Å².